The van der Waals surface area contributed by atoms with Gasteiger partial charge in [-0.15, -0.1) is 0 Å². The van der Waals surface area contributed by atoms with Gasteiger partial charge in [-0.05, 0) is 48.6 Å². The third-order valence-electron chi connectivity index (χ3n) is 9.21. The summed E-state index contributed by atoms with van der Waals surface area (Å²) >= 11 is 0. The Morgan fingerprint density at radius 1 is 1.02 bits per heavy atom. The van der Waals surface area contributed by atoms with E-state index < -0.39 is 29.6 Å². The summed E-state index contributed by atoms with van der Waals surface area (Å²) in [5, 5.41) is 6.22. The zero-order valence-electron chi connectivity index (χ0n) is 23.7. The van der Waals surface area contributed by atoms with Gasteiger partial charge in [0.1, 0.15) is 23.1 Å². The van der Waals surface area contributed by atoms with Gasteiger partial charge in [0.05, 0.1) is 32.2 Å². The first-order chi connectivity index (χ1) is 19.8. The van der Waals surface area contributed by atoms with Crippen LogP contribution in [0.3, 0.4) is 0 Å². The predicted molar refractivity (Wildman–Crippen MR) is 152 cm³/mol. The topological polar surface area (TPSA) is 106 Å². The third kappa shape index (κ3) is 4.76. The van der Waals surface area contributed by atoms with Gasteiger partial charge in [-0.3, -0.25) is 14.4 Å². The van der Waals surface area contributed by atoms with Gasteiger partial charge in [0.2, 0.25) is 17.7 Å². The lowest BCUT2D eigenvalue weighted by Crippen LogP contribution is -2.57. The first kappa shape index (κ1) is 27.3. The van der Waals surface area contributed by atoms with Crippen LogP contribution in [0.1, 0.15) is 38.2 Å². The van der Waals surface area contributed by atoms with Crippen molar-refractivity contribution < 1.29 is 28.6 Å². The number of ether oxygens (including phenoxy) is 3. The van der Waals surface area contributed by atoms with Crippen LogP contribution in [0.25, 0.3) is 0 Å². The lowest BCUT2D eigenvalue weighted by Gasteiger charge is -2.36. The second kappa shape index (κ2) is 10.9. The lowest BCUT2D eigenvalue weighted by atomic mass is 9.74. The van der Waals surface area contributed by atoms with E-state index in [1.165, 1.54) is 0 Å². The molecular weight excluding hydrogens is 522 g/mol. The zero-order chi connectivity index (χ0) is 28.7. The minimum Gasteiger partial charge on any atom is -0.497 e. The average Bonchev–Trinajstić information content (AvgIpc) is 3.62. The summed E-state index contributed by atoms with van der Waals surface area (Å²) in [5.41, 5.74) is 0.207. The molecule has 9 nitrogen and oxygen atoms in total. The molecule has 1 spiro atoms. The van der Waals surface area contributed by atoms with Crippen LogP contribution < -0.4 is 20.1 Å². The monoisotopic (exact) mass is 559 g/mol. The molecular formula is C32H37N3O6. The molecule has 3 heterocycles. The number of benzene rings is 2. The second-order valence-corrected chi connectivity index (χ2v) is 11.6. The standard InChI is InChI=1S/C32H37N3O6/c1-19-7-4-5-10-24(19)34-30(37)28-32-16-15-25(41-32)26(29(36)33-21-8-6-9-23(17-21)40-3)27(32)31(38)35(28)18-20-11-13-22(39-2)14-12-20/h6,8-9,11-17,19,24-28H,4-5,7,10,18H2,1-3H3,(H,33,36)(H,34,37)/t19-,24-,25-,26-,27-,28+,32+/m1/s1. The van der Waals surface area contributed by atoms with Crippen LogP contribution in [0.5, 0.6) is 11.5 Å². The van der Waals surface area contributed by atoms with Gasteiger partial charge in [-0.1, -0.05) is 50.1 Å². The molecule has 1 saturated carbocycles. The Bertz CT molecular complexity index is 1360. The van der Waals surface area contributed by atoms with Gasteiger partial charge in [0.25, 0.3) is 0 Å². The van der Waals surface area contributed by atoms with Gasteiger partial charge >= 0.3 is 0 Å². The summed E-state index contributed by atoms with van der Waals surface area (Å²) in [7, 11) is 3.16. The molecule has 3 amide bonds. The Kier molecular flexibility index (Phi) is 7.23. The maximum atomic E-state index is 14.2. The maximum absolute atomic E-state index is 14.2. The van der Waals surface area contributed by atoms with E-state index in [1.54, 1.807) is 43.4 Å². The minimum atomic E-state index is -1.22. The largest absolute Gasteiger partial charge is 0.497 e. The molecule has 4 aliphatic rings. The van der Waals surface area contributed by atoms with Crippen molar-refractivity contribution in [1.82, 2.24) is 10.2 Å². The summed E-state index contributed by atoms with van der Waals surface area (Å²) in [6, 6.07) is 13.7. The summed E-state index contributed by atoms with van der Waals surface area (Å²) in [6.07, 6.45) is 7.27. The molecule has 1 aliphatic carbocycles. The molecule has 3 fully saturated rings. The van der Waals surface area contributed by atoms with Crippen molar-refractivity contribution in [3.8, 4) is 11.5 Å². The molecule has 2 aromatic carbocycles. The normalized spacial score (nSPS) is 31.6. The van der Waals surface area contributed by atoms with Gasteiger partial charge in [-0.2, -0.15) is 0 Å². The highest BCUT2D eigenvalue weighted by Gasteiger charge is 2.72. The van der Waals surface area contributed by atoms with Crippen molar-refractivity contribution >= 4 is 23.4 Å². The van der Waals surface area contributed by atoms with E-state index in [0.717, 1.165) is 31.2 Å². The molecule has 3 aliphatic heterocycles. The van der Waals surface area contributed by atoms with Crippen molar-refractivity contribution in [2.24, 2.45) is 17.8 Å². The van der Waals surface area contributed by atoms with Gasteiger partial charge < -0.3 is 29.7 Å². The van der Waals surface area contributed by atoms with E-state index in [9.17, 15) is 14.4 Å². The highest BCUT2D eigenvalue weighted by molar-refractivity contribution is 6.02. The number of rotatable bonds is 8. The fourth-order valence-electron chi connectivity index (χ4n) is 7.08. The van der Waals surface area contributed by atoms with E-state index in [2.05, 4.69) is 17.6 Å². The fourth-order valence-corrected chi connectivity index (χ4v) is 7.08. The quantitative estimate of drug-likeness (QED) is 0.478. The number of hydrogen-bond acceptors (Lipinski definition) is 6. The van der Waals surface area contributed by atoms with E-state index in [-0.39, 0.29) is 30.3 Å². The Morgan fingerprint density at radius 2 is 1.78 bits per heavy atom. The Balaban J connectivity index is 1.32. The SMILES string of the molecule is COc1ccc(CN2C(=O)[C@H]3[C@H](C(=O)Nc4cccc(OC)c4)[C@H]4C=C[C@@]3(O4)[C@@H]2C(=O)N[C@@H]2CCCC[C@H]2C)cc1. The number of hydrogen-bond donors (Lipinski definition) is 2. The number of methoxy groups -OCH3 is 2. The van der Waals surface area contributed by atoms with E-state index in [1.807, 2.05) is 36.4 Å². The van der Waals surface area contributed by atoms with Crippen LogP contribution in [-0.2, 0) is 25.7 Å². The molecule has 2 N–H and O–H groups in total. The lowest BCUT2D eigenvalue weighted by molar-refractivity contribution is -0.142. The number of carbonyl (C=O) groups excluding carboxylic acids is 3. The molecule has 0 radical (unpaired) electrons. The first-order valence-corrected chi connectivity index (χ1v) is 14.4. The Morgan fingerprint density at radius 3 is 2.51 bits per heavy atom. The van der Waals surface area contributed by atoms with Crippen molar-refractivity contribution in [2.45, 2.75) is 62.9 Å². The molecule has 2 aromatic rings. The van der Waals surface area contributed by atoms with Crippen LogP contribution >= 0.6 is 0 Å². The second-order valence-electron chi connectivity index (χ2n) is 11.6. The number of fused-ring (bicyclic) bond motifs is 1. The van der Waals surface area contributed by atoms with E-state index in [0.29, 0.717) is 23.1 Å². The van der Waals surface area contributed by atoms with E-state index >= 15 is 0 Å². The van der Waals surface area contributed by atoms with Gasteiger partial charge in [0.15, 0.2) is 0 Å². The molecule has 6 rings (SSSR count). The molecule has 0 unspecified atom stereocenters. The smallest absolute Gasteiger partial charge is 0.246 e. The fraction of sp³-hybridized carbons (Fsp3) is 0.469. The summed E-state index contributed by atoms with van der Waals surface area (Å²) in [6.45, 7) is 2.38. The van der Waals surface area contributed by atoms with Gasteiger partial charge in [0, 0.05) is 24.3 Å². The predicted octanol–water partition coefficient (Wildman–Crippen LogP) is 3.69. The zero-order valence-corrected chi connectivity index (χ0v) is 23.7. The van der Waals surface area contributed by atoms with Crippen LogP contribution in [0.15, 0.2) is 60.7 Å². The molecule has 2 saturated heterocycles. The van der Waals surface area contributed by atoms with E-state index in [4.69, 9.17) is 14.2 Å². The molecule has 2 bridgehead atoms. The average molecular weight is 560 g/mol. The third-order valence-corrected chi connectivity index (χ3v) is 9.21. The van der Waals surface area contributed by atoms with Crippen molar-refractivity contribution in [3.05, 3.63) is 66.2 Å². The number of carbonyl (C=O) groups is 3. The Labute approximate surface area is 240 Å². The highest BCUT2D eigenvalue weighted by Crippen LogP contribution is 2.55. The Hall–Kier alpha value is -3.85. The molecule has 9 heteroatoms. The van der Waals surface area contributed by atoms with Crippen molar-refractivity contribution in [2.75, 3.05) is 19.5 Å². The van der Waals surface area contributed by atoms with Crippen LogP contribution in [0, 0.1) is 17.8 Å². The minimum absolute atomic E-state index is 0.0411. The summed E-state index contributed by atoms with van der Waals surface area (Å²) in [5.74, 6) is -0.728. The van der Waals surface area contributed by atoms with Crippen molar-refractivity contribution in [3.63, 3.8) is 0 Å². The summed E-state index contributed by atoms with van der Waals surface area (Å²) in [4.78, 5) is 43.7. The number of nitrogens with one attached hydrogen (secondary N) is 2. The molecule has 41 heavy (non-hydrogen) atoms. The van der Waals surface area contributed by atoms with Gasteiger partial charge in [-0.25, -0.2) is 0 Å². The molecule has 0 aromatic heterocycles. The first-order valence-electron chi connectivity index (χ1n) is 14.4. The number of anilines is 1. The maximum Gasteiger partial charge on any atom is 0.246 e. The molecule has 7 atom stereocenters. The molecule has 216 valence electrons. The van der Waals surface area contributed by atoms with Crippen LogP contribution in [0.2, 0.25) is 0 Å². The van der Waals surface area contributed by atoms with Crippen LogP contribution in [0.4, 0.5) is 5.69 Å². The highest BCUT2D eigenvalue weighted by atomic mass is 16.5. The number of likely N-dealkylation sites (tertiary alicyclic amines) is 1. The number of nitrogens with zero attached hydrogens (tertiary/aromatic N) is 1. The number of amides is 3. The summed E-state index contributed by atoms with van der Waals surface area (Å²) < 4.78 is 17.1. The van der Waals surface area contributed by atoms with Crippen molar-refractivity contribution in [1.29, 1.82) is 0 Å². The van der Waals surface area contributed by atoms with Crippen LogP contribution in [-0.4, -0.2) is 60.6 Å².